The Kier molecular flexibility index (Phi) is 34.8. The average molecular weight is 636 g/mol. The van der Waals surface area contributed by atoms with Crippen LogP contribution in [-0.2, 0) is 4.79 Å². The summed E-state index contributed by atoms with van der Waals surface area (Å²) in [5.41, 5.74) is 0. The molecule has 0 aliphatic rings. The number of nitrogens with one attached hydrogen (secondary N) is 1. The zero-order chi connectivity index (χ0) is 33.1. The van der Waals surface area contributed by atoms with E-state index in [-0.39, 0.29) is 6.61 Å². The molecule has 45 heavy (non-hydrogen) atoms. The average Bonchev–Trinajstić information content (AvgIpc) is 3.04. The molecule has 0 aromatic carbocycles. The highest BCUT2D eigenvalue weighted by atomic mass is 16.3. The Balaban J connectivity index is 3.72. The van der Waals surface area contributed by atoms with Crippen LogP contribution in [0.1, 0.15) is 200 Å². The van der Waals surface area contributed by atoms with Gasteiger partial charge in [-0.1, -0.05) is 192 Å². The van der Waals surface area contributed by atoms with Gasteiger partial charge < -0.3 is 20.6 Å². The van der Waals surface area contributed by atoms with Gasteiger partial charge in [0.25, 0.3) is 0 Å². The first kappa shape index (κ1) is 43.8. The molecule has 5 nitrogen and oxygen atoms in total. The van der Waals surface area contributed by atoms with Gasteiger partial charge >= 0.3 is 0 Å². The number of carbonyl (C=O) groups is 1. The van der Waals surface area contributed by atoms with Crippen LogP contribution in [0.25, 0.3) is 0 Å². The van der Waals surface area contributed by atoms with E-state index in [1.807, 2.05) is 6.08 Å². The van der Waals surface area contributed by atoms with Gasteiger partial charge in [0.05, 0.1) is 18.8 Å². The number of unbranched alkanes of at least 4 members (excludes halogenated alkanes) is 25. The van der Waals surface area contributed by atoms with Crippen LogP contribution in [0.3, 0.4) is 0 Å². The first-order valence-electron chi connectivity index (χ1n) is 19.7. The fraction of sp³-hybridized carbons (Fsp3) is 0.875. The zero-order valence-electron chi connectivity index (χ0n) is 30.0. The second-order valence-corrected chi connectivity index (χ2v) is 13.5. The summed E-state index contributed by atoms with van der Waals surface area (Å²) in [5, 5.41) is 33.0. The second-order valence-electron chi connectivity index (χ2n) is 13.5. The topological polar surface area (TPSA) is 89.8 Å². The van der Waals surface area contributed by atoms with Crippen molar-refractivity contribution >= 4 is 5.91 Å². The van der Waals surface area contributed by atoms with E-state index in [0.717, 1.165) is 38.5 Å². The number of rotatable bonds is 35. The van der Waals surface area contributed by atoms with Crippen LogP contribution in [-0.4, -0.2) is 46.1 Å². The Morgan fingerprint density at radius 1 is 0.533 bits per heavy atom. The molecule has 0 rings (SSSR count). The van der Waals surface area contributed by atoms with Crippen molar-refractivity contribution in [3.05, 3.63) is 24.3 Å². The summed E-state index contributed by atoms with van der Waals surface area (Å²) in [4.78, 5) is 12.4. The summed E-state index contributed by atoms with van der Waals surface area (Å²) in [7, 11) is 0. The van der Waals surface area contributed by atoms with Gasteiger partial charge in [-0.25, -0.2) is 0 Å². The number of aliphatic hydroxyl groups is 3. The quantitative estimate of drug-likeness (QED) is 0.0412. The Hall–Kier alpha value is -1.17. The highest BCUT2D eigenvalue weighted by molar-refractivity contribution is 5.80. The van der Waals surface area contributed by atoms with E-state index in [1.54, 1.807) is 6.08 Å². The Labute approximate surface area is 280 Å². The van der Waals surface area contributed by atoms with Gasteiger partial charge in [-0.05, 0) is 32.1 Å². The summed E-state index contributed by atoms with van der Waals surface area (Å²) in [6, 6.07) is -0.809. The molecule has 0 bridgehead atoms. The van der Waals surface area contributed by atoms with Crippen molar-refractivity contribution in [3.63, 3.8) is 0 Å². The third-order valence-corrected chi connectivity index (χ3v) is 9.04. The highest BCUT2D eigenvalue weighted by Crippen LogP contribution is 2.15. The van der Waals surface area contributed by atoms with E-state index >= 15 is 0 Å². The van der Waals surface area contributed by atoms with E-state index in [1.165, 1.54) is 141 Å². The third-order valence-electron chi connectivity index (χ3n) is 9.04. The van der Waals surface area contributed by atoms with Crippen molar-refractivity contribution in [3.8, 4) is 0 Å². The van der Waals surface area contributed by atoms with Crippen LogP contribution in [0.5, 0.6) is 0 Å². The number of aliphatic hydroxyl groups excluding tert-OH is 3. The lowest BCUT2D eigenvalue weighted by atomic mass is 10.0. The van der Waals surface area contributed by atoms with Gasteiger partial charge in [0.2, 0.25) is 5.91 Å². The van der Waals surface area contributed by atoms with Gasteiger partial charge in [0.15, 0.2) is 0 Å². The lowest BCUT2D eigenvalue weighted by molar-refractivity contribution is -0.131. The standard InChI is InChI=1S/C40H77NO4/c1-3-5-7-9-11-13-15-17-18-19-20-21-23-25-27-29-31-33-35-39(44)40(45)41-37(36-42)38(43)34-32-30-28-26-24-22-16-14-12-10-8-6-4-2/h24,26,32,34,37-39,42-44H,3-23,25,27-31,33,35-36H2,1-2H3,(H,41,45)/b26-24+,34-32+. The minimum atomic E-state index is -1.10. The molecular formula is C40H77NO4. The highest BCUT2D eigenvalue weighted by Gasteiger charge is 2.22. The van der Waals surface area contributed by atoms with Crippen molar-refractivity contribution in [1.29, 1.82) is 0 Å². The predicted molar refractivity (Wildman–Crippen MR) is 195 cm³/mol. The van der Waals surface area contributed by atoms with Crippen LogP contribution >= 0.6 is 0 Å². The Bertz CT molecular complexity index is 665. The summed E-state index contributed by atoms with van der Waals surface area (Å²) in [6.45, 7) is 4.15. The zero-order valence-corrected chi connectivity index (χ0v) is 30.0. The first-order chi connectivity index (χ1) is 22.1. The van der Waals surface area contributed by atoms with E-state index in [4.69, 9.17) is 0 Å². The van der Waals surface area contributed by atoms with Gasteiger partial charge in [-0.2, -0.15) is 0 Å². The van der Waals surface area contributed by atoms with E-state index < -0.39 is 24.2 Å². The second kappa shape index (κ2) is 35.7. The fourth-order valence-corrected chi connectivity index (χ4v) is 5.91. The number of carbonyl (C=O) groups excluding carboxylic acids is 1. The molecule has 0 saturated carbocycles. The molecule has 3 atom stereocenters. The monoisotopic (exact) mass is 636 g/mol. The summed E-state index contributed by atoms with van der Waals surface area (Å²) < 4.78 is 0. The molecule has 0 aromatic rings. The summed E-state index contributed by atoms with van der Waals surface area (Å²) in [6.07, 6.45) is 42.0. The van der Waals surface area contributed by atoms with E-state index in [9.17, 15) is 20.1 Å². The minimum Gasteiger partial charge on any atom is -0.394 e. The lowest BCUT2D eigenvalue weighted by Gasteiger charge is -2.21. The number of hydrogen-bond donors (Lipinski definition) is 4. The van der Waals surface area contributed by atoms with Crippen molar-refractivity contribution in [2.75, 3.05) is 6.61 Å². The van der Waals surface area contributed by atoms with Crippen LogP contribution in [0.2, 0.25) is 0 Å². The molecule has 0 radical (unpaired) electrons. The molecule has 5 heteroatoms. The molecule has 0 spiro atoms. The summed E-state index contributed by atoms with van der Waals surface area (Å²) >= 11 is 0. The minimum absolute atomic E-state index is 0.374. The first-order valence-corrected chi connectivity index (χ1v) is 19.7. The molecule has 4 N–H and O–H groups in total. The molecule has 0 fully saturated rings. The molecule has 0 aliphatic heterocycles. The molecule has 0 saturated heterocycles. The Morgan fingerprint density at radius 3 is 1.36 bits per heavy atom. The van der Waals surface area contributed by atoms with Crippen molar-refractivity contribution < 1.29 is 20.1 Å². The SMILES string of the molecule is CCCCCCCCC/C=C/CC/C=C/C(O)C(CO)NC(=O)C(O)CCCCCCCCCCCCCCCCCCCC. The van der Waals surface area contributed by atoms with Gasteiger partial charge in [0.1, 0.15) is 6.10 Å². The normalized spacial score (nSPS) is 14.0. The molecule has 0 aromatic heterocycles. The van der Waals surface area contributed by atoms with Gasteiger partial charge in [-0.3, -0.25) is 4.79 Å². The van der Waals surface area contributed by atoms with Crippen molar-refractivity contribution in [2.24, 2.45) is 0 Å². The van der Waals surface area contributed by atoms with Crippen LogP contribution in [0.15, 0.2) is 24.3 Å². The van der Waals surface area contributed by atoms with Crippen LogP contribution < -0.4 is 5.32 Å². The molecular weight excluding hydrogens is 558 g/mol. The fourth-order valence-electron chi connectivity index (χ4n) is 5.91. The largest absolute Gasteiger partial charge is 0.394 e. The molecule has 266 valence electrons. The molecule has 0 aliphatic carbocycles. The summed E-state index contributed by atoms with van der Waals surface area (Å²) in [5.74, 6) is -0.512. The number of amides is 1. The Morgan fingerprint density at radius 2 is 0.911 bits per heavy atom. The van der Waals surface area contributed by atoms with Gasteiger partial charge in [-0.15, -0.1) is 0 Å². The van der Waals surface area contributed by atoms with Gasteiger partial charge in [0, 0.05) is 0 Å². The predicted octanol–water partition coefficient (Wildman–Crippen LogP) is 10.7. The number of hydrogen-bond acceptors (Lipinski definition) is 4. The smallest absolute Gasteiger partial charge is 0.249 e. The maximum atomic E-state index is 12.4. The van der Waals surface area contributed by atoms with E-state index in [2.05, 4.69) is 31.3 Å². The van der Waals surface area contributed by atoms with Crippen LogP contribution in [0, 0.1) is 0 Å². The maximum Gasteiger partial charge on any atom is 0.249 e. The maximum absolute atomic E-state index is 12.4. The molecule has 3 unspecified atom stereocenters. The number of allylic oxidation sites excluding steroid dienone is 3. The van der Waals surface area contributed by atoms with Crippen molar-refractivity contribution in [1.82, 2.24) is 5.32 Å². The van der Waals surface area contributed by atoms with E-state index in [0.29, 0.717) is 6.42 Å². The molecule has 0 heterocycles. The lowest BCUT2D eigenvalue weighted by Crippen LogP contribution is -2.48. The van der Waals surface area contributed by atoms with Crippen LogP contribution in [0.4, 0.5) is 0 Å². The van der Waals surface area contributed by atoms with Crippen molar-refractivity contribution in [2.45, 2.75) is 218 Å². The third kappa shape index (κ3) is 31.2. The molecule has 1 amide bonds.